The molecule has 0 aromatic carbocycles. The van der Waals surface area contributed by atoms with Crippen LogP contribution in [0.5, 0.6) is 0 Å². The van der Waals surface area contributed by atoms with Gasteiger partial charge in [-0.3, -0.25) is 0 Å². The Kier molecular flexibility index (Phi) is 2.90. The van der Waals surface area contributed by atoms with Gasteiger partial charge in [0.25, 0.3) is 0 Å². The molecule has 0 saturated carbocycles. The molecule has 66 valence electrons. The smallest absolute Gasteiger partial charge is 0.0672 e. The van der Waals surface area contributed by atoms with Gasteiger partial charge in [0, 0.05) is 13.1 Å². The van der Waals surface area contributed by atoms with Crippen LogP contribution in [-0.4, -0.2) is 35.7 Å². The minimum atomic E-state index is -0.332. The molecule has 1 rings (SSSR count). The first-order valence-corrected chi connectivity index (χ1v) is 4.57. The number of likely N-dealkylation sites (tertiary alicyclic amines) is 1. The summed E-state index contributed by atoms with van der Waals surface area (Å²) in [5, 5.41) is 9.96. The minimum absolute atomic E-state index is 0.332. The molecular formula is C9H19NO. The fourth-order valence-electron chi connectivity index (χ4n) is 1.75. The van der Waals surface area contributed by atoms with Gasteiger partial charge in [0.15, 0.2) is 0 Å². The normalized spacial score (nSPS) is 25.4. The van der Waals surface area contributed by atoms with Gasteiger partial charge in [-0.05, 0) is 26.3 Å². The number of piperidine rings is 1. The van der Waals surface area contributed by atoms with Crippen LogP contribution in [0.15, 0.2) is 0 Å². The molecule has 0 spiro atoms. The largest absolute Gasteiger partial charge is 0.390 e. The zero-order valence-corrected chi connectivity index (χ0v) is 7.64. The second-order valence-corrected chi connectivity index (χ2v) is 3.78. The molecule has 1 saturated heterocycles. The van der Waals surface area contributed by atoms with E-state index >= 15 is 0 Å². The minimum Gasteiger partial charge on any atom is -0.390 e. The maximum atomic E-state index is 9.96. The predicted octanol–water partition coefficient (Wildman–Crippen LogP) is 1.24. The lowest BCUT2D eigenvalue weighted by Gasteiger charge is -2.36. The molecule has 0 amide bonds. The van der Waals surface area contributed by atoms with E-state index in [1.165, 1.54) is 0 Å². The molecule has 2 heteroatoms. The third-order valence-corrected chi connectivity index (χ3v) is 2.63. The standard InChI is InChI=1S/C9H19NO/c1-3-4-9(11)5-7-10(2)8-6-9/h11H,3-8H2,1-2H3. The molecule has 1 N–H and O–H groups in total. The highest BCUT2D eigenvalue weighted by Crippen LogP contribution is 2.25. The Hall–Kier alpha value is -0.0800. The summed E-state index contributed by atoms with van der Waals surface area (Å²) in [6.07, 6.45) is 3.98. The van der Waals surface area contributed by atoms with Crippen molar-refractivity contribution in [2.24, 2.45) is 0 Å². The van der Waals surface area contributed by atoms with Crippen LogP contribution < -0.4 is 0 Å². The van der Waals surface area contributed by atoms with Crippen LogP contribution in [0.3, 0.4) is 0 Å². The molecule has 0 aromatic rings. The van der Waals surface area contributed by atoms with E-state index in [4.69, 9.17) is 0 Å². The highest BCUT2D eigenvalue weighted by atomic mass is 16.3. The number of hydrogen-bond donors (Lipinski definition) is 1. The van der Waals surface area contributed by atoms with Gasteiger partial charge in [-0.2, -0.15) is 0 Å². The van der Waals surface area contributed by atoms with Gasteiger partial charge < -0.3 is 10.0 Å². The highest BCUT2D eigenvalue weighted by molar-refractivity contribution is 4.84. The first kappa shape index (κ1) is 9.01. The Morgan fingerprint density at radius 3 is 2.36 bits per heavy atom. The Morgan fingerprint density at radius 1 is 1.36 bits per heavy atom. The number of hydrogen-bond acceptors (Lipinski definition) is 2. The van der Waals surface area contributed by atoms with E-state index in [-0.39, 0.29) is 5.60 Å². The topological polar surface area (TPSA) is 23.5 Å². The van der Waals surface area contributed by atoms with Crippen molar-refractivity contribution in [3.05, 3.63) is 0 Å². The molecule has 1 heterocycles. The molecule has 1 aliphatic rings. The van der Waals surface area contributed by atoms with Crippen molar-refractivity contribution in [2.75, 3.05) is 20.1 Å². The summed E-state index contributed by atoms with van der Waals surface area (Å²) in [6.45, 7) is 4.24. The second kappa shape index (κ2) is 3.55. The Morgan fingerprint density at radius 2 is 1.91 bits per heavy atom. The zero-order valence-electron chi connectivity index (χ0n) is 7.64. The van der Waals surface area contributed by atoms with E-state index in [1.807, 2.05) is 0 Å². The molecule has 0 unspecified atom stereocenters. The number of rotatable bonds is 2. The van der Waals surface area contributed by atoms with Crippen LogP contribution in [0.4, 0.5) is 0 Å². The average Bonchev–Trinajstić information content (AvgIpc) is 1.97. The fourth-order valence-corrected chi connectivity index (χ4v) is 1.75. The zero-order chi connectivity index (χ0) is 8.32. The molecule has 0 atom stereocenters. The molecule has 0 radical (unpaired) electrons. The Balaban J connectivity index is 2.35. The van der Waals surface area contributed by atoms with Crippen molar-refractivity contribution in [3.63, 3.8) is 0 Å². The average molecular weight is 157 g/mol. The van der Waals surface area contributed by atoms with Crippen molar-refractivity contribution in [1.29, 1.82) is 0 Å². The van der Waals surface area contributed by atoms with Crippen LogP contribution in [0.25, 0.3) is 0 Å². The van der Waals surface area contributed by atoms with Gasteiger partial charge in [0.2, 0.25) is 0 Å². The van der Waals surface area contributed by atoms with Crippen molar-refractivity contribution < 1.29 is 5.11 Å². The van der Waals surface area contributed by atoms with Gasteiger partial charge in [-0.15, -0.1) is 0 Å². The van der Waals surface area contributed by atoms with E-state index < -0.39 is 0 Å². The summed E-state index contributed by atoms with van der Waals surface area (Å²) in [7, 11) is 2.12. The van der Waals surface area contributed by atoms with Crippen molar-refractivity contribution in [2.45, 2.75) is 38.2 Å². The molecule has 11 heavy (non-hydrogen) atoms. The highest BCUT2D eigenvalue weighted by Gasteiger charge is 2.29. The molecule has 0 bridgehead atoms. The van der Waals surface area contributed by atoms with Crippen LogP contribution >= 0.6 is 0 Å². The van der Waals surface area contributed by atoms with Gasteiger partial charge >= 0.3 is 0 Å². The summed E-state index contributed by atoms with van der Waals surface area (Å²) in [5.74, 6) is 0. The Labute approximate surface area is 69.2 Å². The first-order chi connectivity index (χ1) is 5.16. The van der Waals surface area contributed by atoms with Crippen LogP contribution in [-0.2, 0) is 0 Å². The van der Waals surface area contributed by atoms with Crippen LogP contribution in [0.1, 0.15) is 32.6 Å². The maximum absolute atomic E-state index is 9.96. The van der Waals surface area contributed by atoms with E-state index in [2.05, 4.69) is 18.9 Å². The van der Waals surface area contributed by atoms with Crippen molar-refractivity contribution in [1.82, 2.24) is 4.90 Å². The van der Waals surface area contributed by atoms with Gasteiger partial charge in [-0.1, -0.05) is 13.3 Å². The summed E-state index contributed by atoms with van der Waals surface area (Å²) < 4.78 is 0. The lowest BCUT2D eigenvalue weighted by Crippen LogP contribution is -2.42. The summed E-state index contributed by atoms with van der Waals surface area (Å²) in [4.78, 5) is 2.28. The molecule has 1 fully saturated rings. The predicted molar refractivity (Wildman–Crippen MR) is 46.6 cm³/mol. The maximum Gasteiger partial charge on any atom is 0.0672 e. The monoisotopic (exact) mass is 157 g/mol. The third kappa shape index (κ3) is 2.46. The molecule has 1 aliphatic heterocycles. The quantitative estimate of drug-likeness (QED) is 0.652. The Bertz CT molecular complexity index is 117. The van der Waals surface area contributed by atoms with Crippen molar-refractivity contribution >= 4 is 0 Å². The summed E-state index contributed by atoms with van der Waals surface area (Å²) in [6, 6.07) is 0. The lowest BCUT2D eigenvalue weighted by molar-refractivity contribution is -0.0227. The first-order valence-electron chi connectivity index (χ1n) is 4.57. The molecule has 0 aliphatic carbocycles. The van der Waals surface area contributed by atoms with E-state index in [0.717, 1.165) is 38.8 Å². The summed E-state index contributed by atoms with van der Waals surface area (Å²) in [5.41, 5.74) is -0.332. The SMILES string of the molecule is CCCC1(O)CCN(C)CC1. The third-order valence-electron chi connectivity index (χ3n) is 2.63. The second-order valence-electron chi connectivity index (χ2n) is 3.78. The van der Waals surface area contributed by atoms with Crippen molar-refractivity contribution in [3.8, 4) is 0 Å². The molecular weight excluding hydrogens is 138 g/mol. The van der Waals surface area contributed by atoms with E-state index in [9.17, 15) is 5.11 Å². The van der Waals surface area contributed by atoms with Crippen LogP contribution in [0.2, 0.25) is 0 Å². The van der Waals surface area contributed by atoms with E-state index in [1.54, 1.807) is 0 Å². The molecule has 0 aromatic heterocycles. The summed E-state index contributed by atoms with van der Waals surface area (Å²) >= 11 is 0. The van der Waals surface area contributed by atoms with Gasteiger partial charge in [0.1, 0.15) is 0 Å². The molecule has 2 nitrogen and oxygen atoms in total. The number of aliphatic hydroxyl groups is 1. The van der Waals surface area contributed by atoms with Crippen LogP contribution in [0, 0.1) is 0 Å². The number of nitrogens with zero attached hydrogens (tertiary/aromatic N) is 1. The van der Waals surface area contributed by atoms with Gasteiger partial charge in [-0.25, -0.2) is 0 Å². The fraction of sp³-hybridized carbons (Fsp3) is 1.00. The van der Waals surface area contributed by atoms with Gasteiger partial charge in [0.05, 0.1) is 5.60 Å². The van der Waals surface area contributed by atoms with E-state index in [0.29, 0.717) is 0 Å². The lowest BCUT2D eigenvalue weighted by atomic mass is 9.87.